The van der Waals surface area contributed by atoms with Crippen LogP contribution in [0.2, 0.25) is 0 Å². The number of thiazole rings is 1. The maximum Gasteiger partial charge on any atom is 0.491 e. The average molecular weight is 904 g/mol. The van der Waals surface area contributed by atoms with Crippen LogP contribution in [0.4, 0.5) is 35.1 Å². The highest BCUT2D eigenvalue weighted by Crippen LogP contribution is 2.35. The zero-order valence-corrected chi connectivity index (χ0v) is 34.0. The Hall–Kier alpha value is -5.19. The summed E-state index contributed by atoms with van der Waals surface area (Å²) < 4.78 is 130. The number of nitrogens with one attached hydrogen (secondary N) is 2. The number of morpholine rings is 1. The normalized spacial score (nSPS) is 16.5. The van der Waals surface area contributed by atoms with Gasteiger partial charge < -0.3 is 34.1 Å². The highest BCUT2D eigenvalue weighted by molar-refractivity contribution is 7.09. The third kappa shape index (κ3) is 11.1. The lowest BCUT2D eigenvalue weighted by molar-refractivity contribution is -0.205. The van der Waals surface area contributed by atoms with Crippen LogP contribution in [0.5, 0.6) is 11.5 Å². The quantitative estimate of drug-likeness (QED) is 0.0643. The van der Waals surface area contributed by atoms with E-state index >= 15 is 8.78 Å². The molecule has 13 nitrogen and oxygen atoms in total. The van der Waals surface area contributed by atoms with E-state index in [0.717, 1.165) is 29.3 Å². The molecule has 336 valence electrons. The molecule has 1 atom stereocenters. The Balaban J connectivity index is 1.02. The number of fused-ring (bicyclic) bond motifs is 1. The fourth-order valence-corrected chi connectivity index (χ4v) is 7.93. The van der Waals surface area contributed by atoms with Crippen molar-refractivity contribution in [2.75, 3.05) is 59.0 Å². The van der Waals surface area contributed by atoms with Crippen LogP contribution in [-0.4, -0.2) is 115 Å². The Kier molecular flexibility index (Phi) is 14.2. The summed E-state index contributed by atoms with van der Waals surface area (Å²) in [6.07, 6.45) is -11.6. The lowest BCUT2D eigenvalue weighted by Gasteiger charge is -2.47. The Labute approximate surface area is 352 Å². The van der Waals surface area contributed by atoms with Gasteiger partial charge in [0.05, 0.1) is 29.3 Å². The van der Waals surface area contributed by atoms with Crippen molar-refractivity contribution in [1.29, 1.82) is 0 Å². The number of hydrogen-bond donors (Lipinski definition) is 2. The lowest BCUT2D eigenvalue weighted by atomic mass is 9.89. The van der Waals surface area contributed by atoms with Gasteiger partial charge in [-0.25, -0.2) is 19.0 Å². The first-order valence-electron chi connectivity index (χ1n) is 19.4. The predicted octanol–water partition coefficient (Wildman–Crippen LogP) is 6.22. The van der Waals surface area contributed by atoms with Crippen molar-refractivity contribution in [3.8, 4) is 11.5 Å². The summed E-state index contributed by atoms with van der Waals surface area (Å²) in [5.74, 6) is -8.77. The molecule has 2 aromatic carbocycles. The summed E-state index contributed by atoms with van der Waals surface area (Å²) in [5, 5.41) is 5.16. The lowest BCUT2D eigenvalue weighted by Crippen LogP contribution is -2.58. The number of rotatable bonds is 14. The second kappa shape index (κ2) is 19.1. The number of ether oxygens (including phenoxy) is 4. The first-order chi connectivity index (χ1) is 29.2. The molecule has 1 amide bonds. The topological polar surface area (TPSA) is 152 Å². The van der Waals surface area contributed by atoms with Gasteiger partial charge in [0.1, 0.15) is 18.4 Å². The van der Waals surface area contributed by atoms with Gasteiger partial charge in [-0.1, -0.05) is 26.0 Å². The van der Waals surface area contributed by atoms with Gasteiger partial charge in [0.2, 0.25) is 11.4 Å². The van der Waals surface area contributed by atoms with E-state index < -0.39 is 71.0 Å². The van der Waals surface area contributed by atoms with E-state index in [9.17, 15) is 45.5 Å². The van der Waals surface area contributed by atoms with Crippen molar-refractivity contribution in [1.82, 2.24) is 25.1 Å². The number of benzene rings is 2. The van der Waals surface area contributed by atoms with Crippen molar-refractivity contribution >= 4 is 40.1 Å². The molecule has 4 heterocycles. The SMILES string of the molecule is CC(C)c1nc(C(=O)N2CCOC3(CCN(CCOc4ccc(CCNC[C@H](OC(=O)C(F)(F)F)c5ccc(OC(=O)C(F)(F)F)c6[nH]c(=O)ccc56)c(F)c4F)CC3)C2)cs1. The van der Waals surface area contributed by atoms with Crippen LogP contribution >= 0.6 is 11.3 Å². The molecule has 2 saturated heterocycles. The van der Waals surface area contributed by atoms with Crippen LogP contribution in [-0.2, 0) is 25.5 Å². The minimum atomic E-state index is -5.46. The number of nitrogens with zero attached hydrogens (tertiary/aromatic N) is 3. The molecular weight excluding hydrogens is 863 g/mol. The number of halogens is 8. The molecule has 0 aliphatic carbocycles. The number of pyridine rings is 1. The highest BCUT2D eigenvalue weighted by atomic mass is 32.1. The number of amides is 1. The Bertz CT molecular complexity index is 2330. The monoisotopic (exact) mass is 903 g/mol. The standard InChI is InChI=1S/C40H41F8N5O8S/c1-22(2)34-50-26(20-62-34)35(55)53-16-18-59-38(21-53)10-13-52(14-11-38)15-17-58-27-6-3-23(31(41)32(27)42)9-12-49-19-29(61-37(57)40(46,47)48)24-4-7-28(60-36(56)39(43,44)45)33-25(24)5-8-30(54)51-33/h3-8,20,22,29,49H,9-19,21H2,1-2H3,(H,51,54)/t29-/m0/s1. The van der Waals surface area contributed by atoms with Crippen molar-refractivity contribution < 1.29 is 68.5 Å². The summed E-state index contributed by atoms with van der Waals surface area (Å²) in [6.45, 7) is 6.26. The van der Waals surface area contributed by atoms with E-state index in [4.69, 9.17) is 9.47 Å². The van der Waals surface area contributed by atoms with E-state index in [2.05, 4.69) is 29.7 Å². The maximum absolute atomic E-state index is 15.2. The van der Waals surface area contributed by atoms with Gasteiger partial charge in [-0.2, -0.15) is 30.7 Å². The molecule has 1 spiro atoms. The van der Waals surface area contributed by atoms with Crippen molar-refractivity contribution in [3.63, 3.8) is 0 Å². The Morgan fingerprint density at radius 1 is 0.952 bits per heavy atom. The highest BCUT2D eigenvalue weighted by Gasteiger charge is 2.44. The van der Waals surface area contributed by atoms with Crippen molar-refractivity contribution in [2.45, 2.75) is 63.1 Å². The number of aromatic amines is 1. The second-order valence-electron chi connectivity index (χ2n) is 15.0. The minimum Gasteiger partial charge on any atom is -0.489 e. The molecule has 2 aliphatic heterocycles. The van der Waals surface area contributed by atoms with E-state index in [1.807, 2.05) is 13.8 Å². The molecule has 2 N–H and O–H groups in total. The second-order valence-corrected chi connectivity index (χ2v) is 15.9. The number of alkyl halides is 6. The Morgan fingerprint density at radius 3 is 2.34 bits per heavy atom. The van der Waals surface area contributed by atoms with Crippen molar-refractivity contribution in [3.05, 3.63) is 85.6 Å². The molecule has 2 aromatic heterocycles. The molecule has 0 bridgehead atoms. The van der Waals surface area contributed by atoms with Crippen LogP contribution in [0, 0.1) is 11.6 Å². The summed E-state index contributed by atoms with van der Waals surface area (Å²) in [6, 6.07) is 6.13. The number of esters is 2. The van der Waals surface area contributed by atoms with Crippen LogP contribution in [0.25, 0.3) is 10.9 Å². The molecule has 0 radical (unpaired) electrons. The van der Waals surface area contributed by atoms with Crippen LogP contribution in [0.1, 0.15) is 65.3 Å². The fourth-order valence-electron chi connectivity index (χ4n) is 7.12. The number of carbonyl (C=O) groups is 3. The fraction of sp³-hybridized carbons (Fsp3) is 0.475. The largest absolute Gasteiger partial charge is 0.491 e. The number of piperidine rings is 1. The average Bonchev–Trinajstić information content (AvgIpc) is 3.72. The third-order valence-electron chi connectivity index (χ3n) is 10.4. The summed E-state index contributed by atoms with van der Waals surface area (Å²) in [4.78, 5) is 59.2. The van der Waals surface area contributed by atoms with Crippen LogP contribution in [0.3, 0.4) is 0 Å². The molecule has 2 aliphatic rings. The van der Waals surface area contributed by atoms with Gasteiger partial charge in [-0.05, 0) is 49.6 Å². The number of likely N-dealkylation sites (tertiary alicyclic amines) is 1. The van der Waals surface area contributed by atoms with E-state index in [1.165, 1.54) is 23.5 Å². The third-order valence-corrected chi connectivity index (χ3v) is 11.5. The summed E-state index contributed by atoms with van der Waals surface area (Å²) in [5.41, 5.74) is -1.80. The van der Waals surface area contributed by atoms with Gasteiger partial charge in [0, 0.05) is 61.0 Å². The molecular formula is C40H41F8N5O8S. The molecule has 22 heteroatoms. The zero-order chi connectivity index (χ0) is 45.0. The van der Waals surface area contributed by atoms with E-state index in [-0.39, 0.29) is 53.7 Å². The van der Waals surface area contributed by atoms with Gasteiger partial charge in [-0.3, -0.25) is 14.5 Å². The smallest absolute Gasteiger partial charge is 0.489 e. The molecule has 62 heavy (non-hydrogen) atoms. The number of aromatic nitrogens is 2. The van der Waals surface area contributed by atoms with Crippen molar-refractivity contribution in [2.24, 2.45) is 0 Å². The molecule has 2 fully saturated rings. The number of hydrogen-bond acceptors (Lipinski definition) is 12. The van der Waals surface area contributed by atoms with Gasteiger partial charge in [-0.15, -0.1) is 11.3 Å². The Morgan fingerprint density at radius 2 is 1.66 bits per heavy atom. The molecule has 4 aromatic rings. The van der Waals surface area contributed by atoms with E-state index in [1.54, 1.807) is 10.3 Å². The van der Waals surface area contributed by atoms with Crippen LogP contribution < -0.4 is 20.3 Å². The molecule has 0 unspecified atom stereocenters. The van der Waals surface area contributed by atoms with Gasteiger partial charge in [0.15, 0.2) is 17.3 Å². The predicted molar refractivity (Wildman–Crippen MR) is 206 cm³/mol. The summed E-state index contributed by atoms with van der Waals surface area (Å²) in [7, 11) is 0. The number of H-pyrrole nitrogens is 1. The summed E-state index contributed by atoms with van der Waals surface area (Å²) >= 11 is 1.46. The molecule has 0 saturated carbocycles. The minimum absolute atomic E-state index is 0.0318. The van der Waals surface area contributed by atoms with E-state index in [0.29, 0.717) is 57.9 Å². The van der Waals surface area contributed by atoms with Gasteiger partial charge in [0.25, 0.3) is 5.91 Å². The number of carbonyl (C=O) groups excluding carboxylic acids is 3. The first-order valence-corrected chi connectivity index (χ1v) is 20.3. The first kappa shape index (κ1) is 46.3. The molecule has 6 rings (SSSR count). The zero-order valence-electron chi connectivity index (χ0n) is 33.2. The van der Waals surface area contributed by atoms with Gasteiger partial charge >= 0.3 is 24.3 Å². The maximum atomic E-state index is 15.2. The van der Waals surface area contributed by atoms with Crippen LogP contribution in [0.15, 0.2) is 46.6 Å².